The highest BCUT2D eigenvalue weighted by atomic mass is 16.4. The molecule has 0 radical (unpaired) electrons. The molecule has 2 amide bonds. The Kier molecular flexibility index (Phi) is 8.12. The molecule has 142 valence electrons. The van der Waals surface area contributed by atoms with Crippen LogP contribution in [0.4, 0.5) is 0 Å². The van der Waals surface area contributed by atoms with Gasteiger partial charge in [-0.25, -0.2) is 0 Å². The highest BCUT2D eigenvalue weighted by Gasteiger charge is 2.19. The van der Waals surface area contributed by atoms with Crippen LogP contribution in [0, 0.1) is 11.8 Å². The van der Waals surface area contributed by atoms with E-state index in [1.54, 1.807) is 0 Å². The van der Waals surface area contributed by atoms with Crippen molar-refractivity contribution in [2.45, 2.75) is 44.9 Å². The van der Waals surface area contributed by atoms with Gasteiger partial charge in [0.1, 0.15) is 0 Å². The normalized spacial score (nSPS) is 15.4. The van der Waals surface area contributed by atoms with Crippen LogP contribution in [-0.2, 0) is 20.8 Å². The van der Waals surface area contributed by atoms with Crippen LogP contribution in [0.2, 0.25) is 0 Å². The molecular weight excluding hydrogens is 332 g/mol. The Hall–Kier alpha value is -2.37. The van der Waals surface area contributed by atoms with E-state index in [2.05, 4.69) is 10.6 Å². The summed E-state index contributed by atoms with van der Waals surface area (Å²) in [7, 11) is 0. The van der Waals surface area contributed by atoms with Crippen LogP contribution >= 0.6 is 0 Å². The summed E-state index contributed by atoms with van der Waals surface area (Å²) in [5.74, 6) is -1.48. The molecule has 0 bridgehead atoms. The first-order valence-corrected chi connectivity index (χ1v) is 9.34. The lowest BCUT2D eigenvalue weighted by molar-refractivity contribution is -0.141. The fourth-order valence-electron chi connectivity index (χ4n) is 3.35. The molecule has 6 heteroatoms. The number of amides is 2. The average Bonchev–Trinajstić information content (AvgIpc) is 3.16. The number of carboxylic acids is 1. The first-order chi connectivity index (χ1) is 12.5. The largest absolute Gasteiger partial charge is 0.481 e. The van der Waals surface area contributed by atoms with Crippen molar-refractivity contribution in [3.05, 3.63) is 35.9 Å². The minimum absolute atomic E-state index is 0.0427. The van der Waals surface area contributed by atoms with Gasteiger partial charge in [-0.3, -0.25) is 14.4 Å². The Morgan fingerprint density at radius 2 is 1.73 bits per heavy atom. The van der Waals surface area contributed by atoms with E-state index in [4.69, 9.17) is 0 Å². The molecule has 0 aromatic heterocycles. The van der Waals surface area contributed by atoms with Crippen molar-refractivity contribution in [2.75, 3.05) is 13.1 Å². The minimum Gasteiger partial charge on any atom is -0.481 e. The van der Waals surface area contributed by atoms with Crippen molar-refractivity contribution in [3.63, 3.8) is 0 Å². The predicted octanol–water partition coefficient (Wildman–Crippen LogP) is 2.13. The first kappa shape index (κ1) is 19.9. The number of aliphatic carboxylic acids is 1. The van der Waals surface area contributed by atoms with E-state index >= 15 is 0 Å². The molecule has 6 nitrogen and oxygen atoms in total. The van der Waals surface area contributed by atoms with E-state index < -0.39 is 11.9 Å². The number of hydrogen-bond donors (Lipinski definition) is 3. The fraction of sp³-hybridized carbons (Fsp3) is 0.550. The van der Waals surface area contributed by atoms with Gasteiger partial charge in [-0.1, -0.05) is 56.0 Å². The second kappa shape index (κ2) is 10.6. The van der Waals surface area contributed by atoms with Crippen molar-refractivity contribution in [1.82, 2.24) is 10.6 Å². The van der Waals surface area contributed by atoms with Crippen molar-refractivity contribution in [1.29, 1.82) is 0 Å². The van der Waals surface area contributed by atoms with Crippen LogP contribution in [0.25, 0.3) is 0 Å². The van der Waals surface area contributed by atoms with E-state index in [1.807, 2.05) is 30.3 Å². The molecule has 0 spiro atoms. The maximum Gasteiger partial charge on any atom is 0.308 e. The van der Waals surface area contributed by atoms with Gasteiger partial charge in [0.2, 0.25) is 11.8 Å². The second-order valence-electron chi connectivity index (χ2n) is 6.99. The monoisotopic (exact) mass is 360 g/mol. The Morgan fingerprint density at radius 1 is 1.04 bits per heavy atom. The molecule has 0 aliphatic heterocycles. The smallest absolute Gasteiger partial charge is 0.308 e. The maximum absolute atomic E-state index is 11.9. The highest BCUT2D eigenvalue weighted by molar-refractivity contribution is 5.85. The molecule has 1 fully saturated rings. The number of benzene rings is 1. The number of carbonyl (C=O) groups is 3. The lowest BCUT2D eigenvalue weighted by atomic mass is 9.99. The summed E-state index contributed by atoms with van der Waals surface area (Å²) in [4.78, 5) is 35.0. The number of carbonyl (C=O) groups excluding carboxylic acids is 2. The topological polar surface area (TPSA) is 95.5 Å². The summed E-state index contributed by atoms with van der Waals surface area (Å²) >= 11 is 0. The number of hydrogen-bond acceptors (Lipinski definition) is 3. The molecular formula is C20H28N2O4. The van der Waals surface area contributed by atoms with E-state index in [0.717, 1.165) is 12.0 Å². The van der Waals surface area contributed by atoms with Gasteiger partial charge in [0.25, 0.3) is 0 Å². The quantitative estimate of drug-likeness (QED) is 0.596. The third-order valence-corrected chi connectivity index (χ3v) is 4.92. The number of carboxylic acid groups (broad SMARTS) is 1. The summed E-state index contributed by atoms with van der Waals surface area (Å²) in [6.45, 7) is -0.0673. The summed E-state index contributed by atoms with van der Waals surface area (Å²) in [5.41, 5.74) is 0.911. The maximum atomic E-state index is 11.9. The molecule has 0 heterocycles. The van der Waals surface area contributed by atoms with Crippen molar-refractivity contribution in [3.8, 4) is 0 Å². The lowest BCUT2D eigenvalue weighted by Gasteiger charge is -2.14. The minimum atomic E-state index is -0.949. The van der Waals surface area contributed by atoms with Gasteiger partial charge in [-0.05, 0) is 24.3 Å². The van der Waals surface area contributed by atoms with Gasteiger partial charge in [-0.15, -0.1) is 0 Å². The standard InChI is InChI=1S/C20H28N2O4/c23-18(11-10-15-6-4-5-7-15)22-14-19(24)21-13-17(20(25)26)12-16-8-2-1-3-9-16/h1-3,8-9,15,17H,4-7,10-14H2,(H,21,24)(H,22,23)(H,25,26). The highest BCUT2D eigenvalue weighted by Crippen LogP contribution is 2.28. The molecule has 1 aliphatic rings. The molecule has 1 aliphatic carbocycles. The van der Waals surface area contributed by atoms with Crippen molar-refractivity contribution >= 4 is 17.8 Å². The Morgan fingerprint density at radius 3 is 2.38 bits per heavy atom. The summed E-state index contributed by atoms with van der Waals surface area (Å²) in [5, 5.41) is 14.5. The van der Waals surface area contributed by atoms with Crippen molar-refractivity contribution < 1.29 is 19.5 Å². The average molecular weight is 360 g/mol. The molecule has 1 aromatic carbocycles. The van der Waals surface area contributed by atoms with Gasteiger partial charge in [-0.2, -0.15) is 0 Å². The second-order valence-corrected chi connectivity index (χ2v) is 6.99. The van der Waals surface area contributed by atoms with Crippen molar-refractivity contribution in [2.24, 2.45) is 11.8 Å². The zero-order valence-electron chi connectivity index (χ0n) is 15.1. The van der Waals surface area contributed by atoms with Gasteiger partial charge >= 0.3 is 5.97 Å². The van der Waals surface area contributed by atoms with Crippen LogP contribution in [0.3, 0.4) is 0 Å². The third kappa shape index (κ3) is 7.25. The van der Waals surface area contributed by atoms with Crippen LogP contribution in [0.1, 0.15) is 44.1 Å². The number of nitrogens with one attached hydrogen (secondary N) is 2. The summed E-state index contributed by atoms with van der Waals surface area (Å²) < 4.78 is 0. The van der Waals surface area contributed by atoms with Gasteiger partial charge in [0, 0.05) is 13.0 Å². The van der Waals surface area contributed by atoms with E-state index in [-0.39, 0.29) is 24.9 Å². The molecule has 1 saturated carbocycles. The Bertz CT molecular complexity index is 597. The molecule has 1 aromatic rings. The van der Waals surface area contributed by atoms with Crippen LogP contribution in [0.15, 0.2) is 30.3 Å². The fourth-order valence-corrected chi connectivity index (χ4v) is 3.35. The first-order valence-electron chi connectivity index (χ1n) is 9.34. The molecule has 3 N–H and O–H groups in total. The molecule has 1 unspecified atom stereocenters. The zero-order valence-corrected chi connectivity index (χ0v) is 15.1. The Balaban J connectivity index is 1.65. The van der Waals surface area contributed by atoms with E-state index in [0.29, 0.717) is 18.8 Å². The summed E-state index contributed by atoms with van der Waals surface area (Å²) in [6, 6.07) is 9.31. The summed E-state index contributed by atoms with van der Waals surface area (Å²) in [6.07, 6.45) is 6.59. The number of rotatable bonds is 10. The molecule has 2 rings (SSSR count). The van der Waals surface area contributed by atoms with Crippen LogP contribution in [-0.4, -0.2) is 36.0 Å². The van der Waals surface area contributed by atoms with Gasteiger partial charge in [0.15, 0.2) is 0 Å². The van der Waals surface area contributed by atoms with E-state index in [9.17, 15) is 19.5 Å². The predicted molar refractivity (Wildman–Crippen MR) is 98.5 cm³/mol. The lowest BCUT2D eigenvalue weighted by Crippen LogP contribution is -2.40. The Labute approximate surface area is 154 Å². The third-order valence-electron chi connectivity index (χ3n) is 4.92. The van der Waals surface area contributed by atoms with Crippen LogP contribution < -0.4 is 10.6 Å². The van der Waals surface area contributed by atoms with E-state index in [1.165, 1.54) is 25.7 Å². The van der Waals surface area contributed by atoms with Crippen LogP contribution in [0.5, 0.6) is 0 Å². The molecule has 0 saturated heterocycles. The molecule has 26 heavy (non-hydrogen) atoms. The SMILES string of the molecule is O=C(CCC1CCCC1)NCC(=O)NCC(Cc1ccccc1)C(=O)O. The molecule has 1 atom stereocenters. The van der Waals surface area contributed by atoms with Gasteiger partial charge < -0.3 is 15.7 Å². The zero-order chi connectivity index (χ0) is 18.8. The van der Waals surface area contributed by atoms with Gasteiger partial charge in [0.05, 0.1) is 12.5 Å².